The third-order valence-corrected chi connectivity index (χ3v) is 2.50. The van der Waals surface area contributed by atoms with Gasteiger partial charge in [0.15, 0.2) is 5.11 Å². The summed E-state index contributed by atoms with van der Waals surface area (Å²) < 4.78 is 0. The Morgan fingerprint density at radius 1 is 1.35 bits per heavy atom. The number of hydrazone groups is 1. The van der Waals surface area contributed by atoms with Crippen LogP contribution in [0.5, 0.6) is 0 Å². The maximum Gasteiger partial charge on any atom is 0.184 e. The molecule has 4 nitrogen and oxygen atoms in total. The predicted molar refractivity (Wildman–Crippen MR) is 77.5 cm³/mol. The number of anilines is 1. The molecule has 0 aliphatic carbocycles. The van der Waals surface area contributed by atoms with Crippen LogP contribution in [0.3, 0.4) is 0 Å². The molecule has 1 aromatic rings. The minimum atomic E-state index is 0.168. The molecule has 0 saturated heterocycles. The second kappa shape index (κ2) is 6.85. The van der Waals surface area contributed by atoms with Crippen LogP contribution < -0.4 is 16.1 Å². The molecule has 0 atom stereocenters. The van der Waals surface area contributed by atoms with Crippen LogP contribution in [0.15, 0.2) is 29.4 Å². The number of nitrogens with zero attached hydrogens (tertiary/aromatic N) is 2. The number of rotatable bonds is 5. The maximum atomic E-state index is 5.26. The minimum Gasteiger partial charge on any atom is -0.375 e. The Labute approximate surface area is 107 Å². The molecule has 1 aromatic carbocycles. The quantitative estimate of drug-likeness (QED) is 0.474. The summed E-state index contributed by atoms with van der Waals surface area (Å²) in [5, 5.41) is 4.07. The number of thiocarbonyl (C=S) groups is 1. The van der Waals surface area contributed by atoms with Gasteiger partial charge in [0, 0.05) is 18.8 Å². The predicted octanol–water partition coefficient (Wildman–Crippen LogP) is 1.70. The zero-order chi connectivity index (χ0) is 12.7. The molecule has 0 spiro atoms. The number of nitrogens with one attached hydrogen (secondary N) is 1. The van der Waals surface area contributed by atoms with Crippen molar-refractivity contribution >= 4 is 29.2 Å². The molecule has 0 saturated carbocycles. The van der Waals surface area contributed by atoms with Gasteiger partial charge in [-0.2, -0.15) is 5.10 Å². The Bertz CT molecular complexity index is 382. The smallest absolute Gasteiger partial charge is 0.184 e. The van der Waals surface area contributed by atoms with E-state index in [4.69, 9.17) is 5.73 Å². The van der Waals surface area contributed by atoms with Crippen LogP contribution >= 0.6 is 12.2 Å². The van der Waals surface area contributed by atoms with Gasteiger partial charge in [0.25, 0.3) is 0 Å². The Kier molecular flexibility index (Phi) is 5.42. The molecule has 17 heavy (non-hydrogen) atoms. The molecule has 0 aliphatic heterocycles. The van der Waals surface area contributed by atoms with E-state index in [-0.39, 0.29) is 5.11 Å². The van der Waals surface area contributed by atoms with E-state index in [9.17, 15) is 0 Å². The standard InChI is InChI=1S/C12H18N4S/c1-3-16(4-2)11-7-5-10(6-8-11)9-14-15-12(13)17/h5-9H,3-4H2,1-2H3,(H3,13,15,17). The minimum absolute atomic E-state index is 0.168. The van der Waals surface area contributed by atoms with E-state index < -0.39 is 0 Å². The molecule has 0 heterocycles. The van der Waals surface area contributed by atoms with Gasteiger partial charge in [-0.1, -0.05) is 12.1 Å². The zero-order valence-corrected chi connectivity index (χ0v) is 11.0. The van der Waals surface area contributed by atoms with Crippen molar-refractivity contribution in [2.24, 2.45) is 10.8 Å². The van der Waals surface area contributed by atoms with E-state index >= 15 is 0 Å². The van der Waals surface area contributed by atoms with Crippen LogP contribution in [0.1, 0.15) is 19.4 Å². The molecule has 0 bridgehead atoms. The lowest BCUT2D eigenvalue weighted by Crippen LogP contribution is -2.24. The third-order valence-electron chi connectivity index (χ3n) is 2.41. The Morgan fingerprint density at radius 2 is 1.94 bits per heavy atom. The lowest BCUT2D eigenvalue weighted by atomic mass is 10.2. The van der Waals surface area contributed by atoms with Gasteiger partial charge in [-0.15, -0.1) is 0 Å². The topological polar surface area (TPSA) is 53.6 Å². The molecule has 92 valence electrons. The van der Waals surface area contributed by atoms with Crippen LogP contribution in [0.25, 0.3) is 0 Å². The summed E-state index contributed by atoms with van der Waals surface area (Å²) in [7, 11) is 0. The van der Waals surface area contributed by atoms with Gasteiger partial charge in [-0.3, -0.25) is 5.43 Å². The Balaban J connectivity index is 2.67. The van der Waals surface area contributed by atoms with Crippen molar-refractivity contribution in [3.05, 3.63) is 29.8 Å². The van der Waals surface area contributed by atoms with Gasteiger partial charge < -0.3 is 10.6 Å². The van der Waals surface area contributed by atoms with Gasteiger partial charge in [0.05, 0.1) is 6.21 Å². The number of hydrogen-bond acceptors (Lipinski definition) is 3. The number of nitrogens with two attached hydrogens (primary N) is 1. The highest BCUT2D eigenvalue weighted by Gasteiger charge is 2.00. The molecule has 0 fully saturated rings. The highest BCUT2D eigenvalue weighted by molar-refractivity contribution is 7.80. The first-order valence-electron chi connectivity index (χ1n) is 5.60. The van der Waals surface area contributed by atoms with Crippen molar-refractivity contribution in [1.29, 1.82) is 0 Å². The lowest BCUT2D eigenvalue weighted by molar-refractivity contribution is 0.866. The van der Waals surface area contributed by atoms with E-state index in [1.165, 1.54) is 5.69 Å². The number of benzene rings is 1. The van der Waals surface area contributed by atoms with Crippen LogP contribution in [0.2, 0.25) is 0 Å². The molecule has 1 rings (SSSR count). The number of hydrogen-bond donors (Lipinski definition) is 2. The van der Waals surface area contributed by atoms with Crippen LogP contribution in [0, 0.1) is 0 Å². The molecule has 0 radical (unpaired) electrons. The van der Waals surface area contributed by atoms with Crippen LogP contribution in [-0.4, -0.2) is 24.4 Å². The maximum absolute atomic E-state index is 5.26. The van der Waals surface area contributed by atoms with Gasteiger partial charge in [-0.25, -0.2) is 0 Å². The van der Waals surface area contributed by atoms with Gasteiger partial charge >= 0.3 is 0 Å². The first kappa shape index (κ1) is 13.4. The average molecular weight is 250 g/mol. The fourth-order valence-electron chi connectivity index (χ4n) is 1.53. The second-order valence-electron chi connectivity index (χ2n) is 3.50. The van der Waals surface area contributed by atoms with Crippen molar-refractivity contribution in [3.63, 3.8) is 0 Å². The highest BCUT2D eigenvalue weighted by Crippen LogP contribution is 2.13. The van der Waals surface area contributed by atoms with Gasteiger partial charge in [-0.05, 0) is 43.8 Å². The molecule has 0 aromatic heterocycles. The summed E-state index contributed by atoms with van der Waals surface area (Å²) in [5.74, 6) is 0. The van der Waals surface area contributed by atoms with E-state index in [0.717, 1.165) is 18.7 Å². The van der Waals surface area contributed by atoms with E-state index in [0.29, 0.717) is 0 Å². The first-order chi connectivity index (χ1) is 8.17. The summed E-state index contributed by atoms with van der Waals surface area (Å²) in [4.78, 5) is 2.29. The van der Waals surface area contributed by atoms with E-state index in [1.807, 2.05) is 12.1 Å². The molecule has 3 N–H and O–H groups in total. The summed E-state index contributed by atoms with van der Waals surface area (Å²) >= 11 is 4.64. The van der Waals surface area contributed by atoms with Crippen molar-refractivity contribution < 1.29 is 0 Å². The van der Waals surface area contributed by atoms with Gasteiger partial charge in [0.1, 0.15) is 0 Å². The summed E-state index contributed by atoms with van der Waals surface area (Å²) in [6.45, 7) is 6.30. The third kappa shape index (κ3) is 4.40. The van der Waals surface area contributed by atoms with Crippen LogP contribution in [-0.2, 0) is 0 Å². The largest absolute Gasteiger partial charge is 0.375 e. The Morgan fingerprint density at radius 3 is 2.41 bits per heavy atom. The van der Waals surface area contributed by atoms with Crippen molar-refractivity contribution in [1.82, 2.24) is 5.43 Å². The summed E-state index contributed by atoms with van der Waals surface area (Å²) in [6, 6.07) is 8.18. The zero-order valence-electron chi connectivity index (χ0n) is 10.2. The SMILES string of the molecule is CCN(CC)c1ccc(C=NNC(N)=S)cc1. The normalized spacial score (nSPS) is 10.5. The monoisotopic (exact) mass is 250 g/mol. The highest BCUT2D eigenvalue weighted by atomic mass is 32.1. The van der Waals surface area contributed by atoms with E-state index in [2.05, 4.69) is 53.6 Å². The fourth-order valence-corrected chi connectivity index (χ4v) is 1.58. The van der Waals surface area contributed by atoms with Crippen LogP contribution in [0.4, 0.5) is 5.69 Å². The van der Waals surface area contributed by atoms with Crippen molar-refractivity contribution in [2.45, 2.75) is 13.8 Å². The molecule has 0 amide bonds. The lowest BCUT2D eigenvalue weighted by Gasteiger charge is -2.20. The molecule has 0 unspecified atom stereocenters. The molecule has 0 aliphatic rings. The van der Waals surface area contributed by atoms with Crippen molar-refractivity contribution in [2.75, 3.05) is 18.0 Å². The summed E-state index contributed by atoms with van der Waals surface area (Å²) in [6.07, 6.45) is 1.69. The van der Waals surface area contributed by atoms with Gasteiger partial charge in [0.2, 0.25) is 0 Å². The second-order valence-corrected chi connectivity index (χ2v) is 3.94. The van der Waals surface area contributed by atoms with E-state index in [1.54, 1.807) is 6.21 Å². The van der Waals surface area contributed by atoms with Crippen molar-refractivity contribution in [3.8, 4) is 0 Å². The Hall–Kier alpha value is -1.62. The molecular weight excluding hydrogens is 232 g/mol. The molecular formula is C12H18N4S. The summed E-state index contributed by atoms with van der Waals surface area (Å²) in [5.41, 5.74) is 10.00. The molecule has 5 heteroatoms. The fraction of sp³-hybridized carbons (Fsp3) is 0.333. The first-order valence-corrected chi connectivity index (χ1v) is 6.01. The average Bonchev–Trinajstić information content (AvgIpc) is 2.32.